The number of aliphatic hydroxyl groups is 1. The maximum atomic E-state index is 9.88. The van der Waals surface area contributed by atoms with Gasteiger partial charge in [0.1, 0.15) is 5.75 Å². The second kappa shape index (κ2) is 6.24. The van der Waals surface area contributed by atoms with Crippen LogP contribution in [-0.4, -0.2) is 22.9 Å². The SMILES string of the molecule is Cc1cc(Cl)cc(CNC(C)C(C)CO)c1O. The molecule has 1 aromatic rings. The largest absolute Gasteiger partial charge is 0.507 e. The van der Waals surface area contributed by atoms with Crippen molar-refractivity contribution in [1.29, 1.82) is 0 Å². The molecule has 3 N–H and O–H groups in total. The fourth-order valence-electron chi connectivity index (χ4n) is 1.57. The first-order chi connectivity index (χ1) is 7.95. The van der Waals surface area contributed by atoms with Crippen molar-refractivity contribution in [1.82, 2.24) is 5.32 Å². The highest BCUT2D eigenvalue weighted by Crippen LogP contribution is 2.26. The van der Waals surface area contributed by atoms with Crippen LogP contribution in [-0.2, 0) is 6.54 Å². The summed E-state index contributed by atoms with van der Waals surface area (Å²) in [5, 5.41) is 22.8. The molecule has 2 unspecified atom stereocenters. The van der Waals surface area contributed by atoms with Gasteiger partial charge < -0.3 is 15.5 Å². The molecule has 0 aliphatic heterocycles. The predicted octanol–water partition coefficient (Wildman–Crippen LogP) is 2.46. The number of rotatable bonds is 5. The Hall–Kier alpha value is -0.770. The van der Waals surface area contributed by atoms with Crippen LogP contribution >= 0.6 is 11.6 Å². The van der Waals surface area contributed by atoms with E-state index < -0.39 is 0 Å². The zero-order valence-corrected chi connectivity index (χ0v) is 11.3. The molecule has 0 aliphatic carbocycles. The lowest BCUT2D eigenvalue weighted by Crippen LogP contribution is -2.33. The van der Waals surface area contributed by atoms with Gasteiger partial charge in [-0.05, 0) is 37.5 Å². The average molecular weight is 258 g/mol. The lowest BCUT2D eigenvalue weighted by Gasteiger charge is -2.20. The van der Waals surface area contributed by atoms with Crippen molar-refractivity contribution in [2.75, 3.05) is 6.61 Å². The van der Waals surface area contributed by atoms with Gasteiger partial charge in [-0.25, -0.2) is 0 Å². The van der Waals surface area contributed by atoms with Gasteiger partial charge in [0.15, 0.2) is 0 Å². The summed E-state index contributed by atoms with van der Waals surface area (Å²) in [4.78, 5) is 0. The molecule has 4 heteroatoms. The number of nitrogens with one attached hydrogen (secondary N) is 1. The molecule has 3 nitrogen and oxygen atoms in total. The minimum atomic E-state index is 0.148. The number of phenols is 1. The number of hydrogen-bond acceptors (Lipinski definition) is 3. The molecule has 2 atom stereocenters. The lowest BCUT2D eigenvalue weighted by atomic mass is 10.0. The summed E-state index contributed by atoms with van der Waals surface area (Å²) in [6, 6.07) is 3.67. The van der Waals surface area contributed by atoms with Gasteiger partial charge >= 0.3 is 0 Å². The van der Waals surface area contributed by atoms with E-state index >= 15 is 0 Å². The number of benzene rings is 1. The van der Waals surface area contributed by atoms with Crippen LogP contribution in [0.4, 0.5) is 0 Å². The third-order valence-corrected chi connectivity index (χ3v) is 3.32. The zero-order chi connectivity index (χ0) is 13.0. The van der Waals surface area contributed by atoms with Gasteiger partial charge in [-0.3, -0.25) is 0 Å². The Morgan fingerprint density at radius 3 is 2.59 bits per heavy atom. The Balaban J connectivity index is 2.69. The number of aromatic hydroxyl groups is 1. The second-order valence-electron chi connectivity index (χ2n) is 4.56. The molecule has 0 saturated heterocycles. The van der Waals surface area contributed by atoms with Crippen molar-refractivity contribution in [3.05, 3.63) is 28.3 Å². The molecule has 17 heavy (non-hydrogen) atoms. The Morgan fingerprint density at radius 2 is 2.00 bits per heavy atom. The molecule has 0 amide bonds. The molecule has 0 spiro atoms. The molecule has 0 bridgehead atoms. The summed E-state index contributed by atoms with van der Waals surface area (Å²) in [5.41, 5.74) is 1.56. The van der Waals surface area contributed by atoms with Gasteiger partial charge in [-0.2, -0.15) is 0 Å². The van der Waals surface area contributed by atoms with Gasteiger partial charge in [0.2, 0.25) is 0 Å². The molecule has 0 fully saturated rings. The van der Waals surface area contributed by atoms with E-state index in [1.807, 2.05) is 20.8 Å². The van der Waals surface area contributed by atoms with Gasteiger partial charge in [0.25, 0.3) is 0 Å². The van der Waals surface area contributed by atoms with Crippen molar-refractivity contribution >= 4 is 11.6 Å². The first kappa shape index (κ1) is 14.3. The second-order valence-corrected chi connectivity index (χ2v) is 5.00. The summed E-state index contributed by atoms with van der Waals surface area (Å²) < 4.78 is 0. The molecule has 96 valence electrons. The van der Waals surface area contributed by atoms with Crippen molar-refractivity contribution in [2.24, 2.45) is 5.92 Å². The Morgan fingerprint density at radius 1 is 1.35 bits per heavy atom. The number of hydrogen-bond donors (Lipinski definition) is 3. The molecule has 0 aliphatic rings. The van der Waals surface area contributed by atoms with Gasteiger partial charge in [-0.1, -0.05) is 18.5 Å². The third-order valence-electron chi connectivity index (χ3n) is 3.10. The summed E-state index contributed by atoms with van der Waals surface area (Å²) in [7, 11) is 0. The highest BCUT2D eigenvalue weighted by Gasteiger charge is 2.12. The van der Waals surface area contributed by atoms with Gasteiger partial charge in [0.05, 0.1) is 0 Å². The minimum Gasteiger partial charge on any atom is -0.507 e. The number of aliphatic hydroxyl groups excluding tert-OH is 1. The van der Waals surface area contributed by atoms with Gasteiger partial charge in [-0.15, -0.1) is 0 Å². The summed E-state index contributed by atoms with van der Waals surface area (Å²) in [6.07, 6.45) is 0. The summed E-state index contributed by atoms with van der Waals surface area (Å²) in [5.74, 6) is 0.461. The van der Waals surface area contributed by atoms with Crippen molar-refractivity contribution in [2.45, 2.75) is 33.4 Å². The molecular weight excluding hydrogens is 238 g/mol. The minimum absolute atomic E-state index is 0.148. The van der Waals surface area contributed by atoms with Crippen LogP contribution in [0.15, 0.2) is 12.1 Å². The molecular formula is C13H20ClNO2. The maximum Gasteiger partial charge on any atom is 0.123 e. The molecule has 0 aromatic heterocycles. The quantitative estimate of drug-likeness (QED) is 0.760. The lowest BCUT2D eigenvalue weighted by molar-refractivity contribution is 0.207. The van der Waals surface area contributed by atoms with E-state index in [1.165, 1.54) is 0 Å². The van der Waals surface area contributed by atoms with E-state index in [1.54, 1.807) is 12.1 Å². The molecule has 0 heterocycles. The predicted molar refractivity (Wildman–Crippen MR) is 70.4 cm³/mol. The highest BCUT2D eigenvalue weighted by molar-refractivity contribution is 6.30. The van der Waals surface area contributed by atoms with Crippen molar-refractivity contribution < 1.29 is 10.2 Å². The fraction of sp³-hybridized carbons (Fsp3) is 0.538. The van der Waals surface area contributed by atoms with E-state index in [-0.39, 0.29) is 24.3 Å². The summed E-state index contributed by atoms with van der Waals surface area (Å²) >= 11 is 5.95. The average Bonchev–Trinajstić information content (AvgIpc) is 2.30. The number of aryl methyl sites for hydroxylation is 1. The van der Waals surface area contributed by atoms with E-state index in [9.17, 15) is 5.11 Å². The number of phenolic OH excluding ortho intramolecular Hbond substituents is 1. The van der Waals surface area contributed by atoms with E-state index in [0.29, 0.717) is 11.6 Å². The number of halogens is 1. The van der Waals surface area contributed by atoms with Crippen LogP contribution in [0.3, 0.4) is 0 Å². The smallest absolute Gasteiger partial charge is 0.123 e. The first-order valence-corrected chi connectivity index (χ1v) is 6.15. The van der Waals surface area contributed by atoms with E-state index in [0.717, 1.165) is 11.1 Å². The monoisotopic (exact) mass is 257 g/mol. The van der Waals surface area contributed by atoms with Gasteiger partial charge in [0, 0.05) is 29.8 Å². The van der Waals surface area contributed by atoms with Crippen LogP contribution < -0.4 is 5.32 Å². The molecule has 0 radical (unpaired) electrons. The summed E-state index contributed by atoms with van der Waals surface area (Å²) in [6.45, 7) is 6.49. The third kappa shape index (κ3) is 3.87. The molecule has 1 rings (SSSR count). The van der Waals surface area contributed by atoms with Crippen LogP contribution in [0, 0.1) is 12.8 Å². The topological polar surface area (TPSA) is 52.5 Å². The molecule has 1 aromatic carbocycles. The highest BCUT2D eigenvalue weighted by atomic mass is 35.5. The maximum absolute atomic E-state index is 9.88. The van der Waals surface area contributed by atoms with E-state index in [2.05, 4.69) is 5.32 Å². The van der Waals surface area contributed by atoms with Crippen molar-refractivity contribution in [3.8, 4) is 5.75 Å². The van der Waals surface area contributed by atoms with Crippen LogP contribution in [0.25, 0.3) is 0 Å². The molecule has 0 saturated carbocycles. The van der Waals surface area contributed by atoms with E-state index in [4.69, 9.17) is 16.7 Å². The first-order valence-electron chi connectivity index (χ1n) is 5.78. The Bertz CT molecular complexity index is 382. The Labute approximate surface area is 107 Å². The Kier molecular flexibility index (Phi) is 5.25. The van der Waals surface area contributed by atoms with Crippen LogP contribution in [0.2, 0.25) is 5.02 Å². The van der Waals surface area contributed by atoms with Crippen LogP contribution in [0.1, 0.15) is 25.0 Å². The van der Waals surface area contributed by atoms with Crippen LogP contribution in [0.5, 0.6) is 5.75 Å². The van der Waals surface area contributed by atoms with Crippen molar-refractivity contribution in [3.63, 3.8) is 0 Å². The standard InChI is InChI=1S/C13H20ClNO2/c1-8-4-12(14)5-11(13(8)17)6-15-10(3)9(2)7-16/h4-5,9-10,15-17H,6-7H2,1-3H3. The zero-order valence-electron chi connectivity index (χ0n) is 10.5. The fourth-order valence-corrected chi connectivity index (χ4v) is 1.87. The normalized spacial score (nSPS) is 14.6.